The molecule has 0 spiro atoms. The Morgan fingerprint density at radius 1 is 1.22 bits per heavy atom. The van der Waals surface area contributed by atoms with Gasteiger partial charge in [-0.15, -0.1) is 6.58 Å². The van der Waals surface area contributed by atoms with Gasteiger partial charge in [0.15, 0.2) is 0 Å². The standard InChI is InChI=1S/C17H24O/c1-3-5-6-7-11-14-17(18-15-4-2)16-12-9-8-10-13-16/h4,8-14,17H,2-3,5-7,15H2,1H3/b14-11+/t17-/m0/s1. The first-order valence-electron chi connectivity index (χ1n) is 6.82. The van der Waals surface area contributed by atoms with Crippen LogP contribution in [0.15, 0.2) is 55.1 Å². The fraction of sp³-hybridized carbons (Fsp3) is 0.412. The van der Waals surface area contributed by atoms with Crippen molar-refractivity contribution in [3.05, 3.63) is 60.7 Å². The Kier molecular flexibility index (Phi) is 7.90. The summed E-state index contributed by atoms with van der Waals surface area (Å²) in [6, 6.07) is 10.3. The van der Waals surface area contributed by atoms with Crippen molar-refractivity contribution in [1.82, 2.24) is 0 Å². The summed E-state index contributed by atoms with van der Waals surface area (Å²) < 4.78 is 5.78. The quantitative estimate of drug-likeness (QED) is 0.435. The molecule has 1 aromatic carbocycles. The lowest BCUT2D eigenvalue weighted by molar-refractivity contribution is 0.110. The van der Waals surface area contributed by atoms with Gasteiger partial charge in [0, 0.05) is 0 Å². The summed E-state index contributed by atoms with van der Waals surface area (Å²) in [5, 5.41) is 0. The zero-order valence-corrected chi connectivity index (χ0v) is 11.3. The summed E-state index contributed by atoms with van der Waals surface area (Å²) in [5.41, 5.74) is 1.20. The normalized spacial score (nSPS) is 12.7. The van der Waals surface area contributed by atoms with Crippen LogP contribution < -0.4 is 0 Å². The van der Waals surface area contributed by atoms with E-state index in [9.17, 15) is 0 Å². The van der Waals surface area contributed by atoms with Gasteiger partial charge in [-0.25, -0.2) is 0 Å². The SMILES string of the molecule is C=CCO[C@@H](/C=C/CCCCC)c1ccccc1. The van der Waals surface area contributed by atoms with Crippen LogP contribution in [0.2, 0.25) is 0 Å². The van der Waals surface area contributed by atoms with Crippen molar-refractivity contribution in [3.8, 4) is 0 Å². The Hall–Kier alpha value is -1.34. The van der Waals surface area contributed by atoms with Crippen molar-refractivity contribution >= 4 is 0 Å². The minimum atomic E-state index is 0.0471. The van der Waals surface area contributed by atoms with E-state index in [1.54, 1.807) is 6.08 Å². The van der Waals surface area contributed by atoms with Crippen LogP contribution in [0.3, 0.4) is 0 Å². The van der Waals surface area contributed by atoms with Gasteiger partial charge in [0.25, 0.3) is 0 Å². The Bertz CT molecular complexity index is 340. The predicted octanol–water partition coefficient (Wildman–Crippen LogP) is 5.07. The molecule has 0 aliphatic rings. The molecule has 0 amide bonds. The summed E-state index contributed by atoms with van der Waals surface area (Å²) >= 11 is 0. The minimum absolute atomic E-state index is 0.0471. The molecule has 1 rings (SSSR count). The molecular weight excluding hydrogens is 220 g/mol. The summed E-state index contributed by atoms with van der Waals surface area (Å²) in [6.07, 6.45) is 11.2. The number of allylic oxidation sites excluding steroid dienone is 1. The molecule has 0 aliphatic heterocycles. The first-order chi connectivity index (χ1) is 8.88. The zero-order valence-electron chi connectivity index (χ0n) is 11.3. The van der Waals surface area contributed by atoms with Crippen molar-refractivity contribution in [2.75, 3.05) is 6.61 Å². The maximum Gasteiger partial charge on any atom is 0.101 e. The van der Waals surface area contributed by atoms with Crippen LogP contribution in [0.4, 0.5) is 0 Å². The van der Waals surface area contributed by atoms with Crippen LogP contribution in [0, 0.1) is 0 Å². The van der Waals surface area contributed by atoms with Gasteiger partial charge in [0.2, 0.25) is 0 Å². The summed E-state index contributed by atoms with van der Waals surface area (Å²) in [6.45, 7) is 6.51. The molecule has 0 bridgehead atoms. The molecule has 0 heterocycles. The van der Waals surface area contributed by atoms with E-state index in [1.807, 2.05) is 18.2 Å². The molecule has 0 saturated carbocycles. The Balaban J connectivity index is 2.53. The third-order valence-corrected chi connectivity index (χ3v) is 2.81. The van der Waals surface area contributed by atoms with Crippen LogP contribution in [-0.4, -0.2) is 6.61 Å². The van der Waals surface area contributed by atoms with Crippen molar-refractivity contribution in [2.24, 2.45) is 0 Å². The highest BCUT2D eigenvalue weighted by atomic mass is 16.5. The maximum absolute atomic E-state index is 5.78. The third kappa shape index (κ3) is 5.83. The number of hydrogen-bond acceptors (Lipinski definition) is 1. The Labute approximate surface area is 111 Å². The van der Waals surface area contributed by atoms with Gasteiger partial charge >= 0.3 is 0 Å². The predicted molar refractivity (Wildman–Crippen MR) is 78.6 cm³/mol. The van der Waals surface area contributed by atoms with Gasteiger partial charge in [-0.3, -0.25) is 0 Å². The lowest BCUT2D eigenvalue weighted by atomic mass is 10.1. The lowest BCUT2D eigenvalue weighted by Gasteiger charge is -2.13. The second-order valence-electron chi connectivity index (χ2n) is 4.38. The van der Waals surface area contributed by atoms with Crippen molar-refractivity contribution < 1.29 is 4.74 Å². The first-order valence-corrected chi connectivity index (χ1v) is 6.82. The van der Waals surface area contributed by atoms with Gasteiger partial charge in [0.1, 0.15) is 6.10 Å². The summed E-state index contributed by atoms with van der Waals surface area (Å²) in [7, 11) is 0. The first kappa shape index (κ1) is 14.7. The largest absolute Gasteiger partial charge is 0.365 e. The molecular formula is C17H24O. The molecule has 0 saturated heterocycles. The molecule has 0 fully saturated rings. The van der Waals surface area contributed by atoms with E-state index in [1.165, 1.54) is 24.8 Å². The average Bonchev–Trinajstić information content (AvgIpc) is 2.43. The average molecular weight is 244 g/mol. The molecule has 0 radical (unpaired) electrons. The molecule has 0 N–H and O–H groups in total. The van der Waals surface area contributed by atoms with Crippen molar-refractivity contribution in [3.63, 3.8) is 0 Å². The van der Waals surface area contributed by atoms with E-state index in [0.29, 0.717) is 6.61 Å². The van der Waals surface area contributed by atoms with Crippen LogP contribution in [0.25, 0.3) is 0 Å². The molecule has 0 unspecified atom stereocenters. The third-order valence-electron chi connectivity index (χ3n) is 2.81. The number of ether oxygens (including phenoxy) is 1. The highest BCUT2D eigenvalue weighted by Gasteiger charge is 2.06. The molecule has 0 aliphatic carbocycles. The van der Waals surface area contributed by atoms with E-state index >= 15 is 0 Å². The van der Waals surface area contributed by atoms with Crippen LogP contribution >= 0.6 is 0 Å². The van der Waals surface area contributed by atoms with Gasteiger partial charge in [-0.2, -0.15) is 0 Å². The summed E-state index contributed by atoms with van der Waals surface area (Å²) in [5.74, 6) is 0. The van der Waals surface area contributed by atoms with E-state index in [2.05, 4.69) is 37.8 Å². The monoisotopic (exact) mass is 244 g/mol. The van der Waals surface area contributed by atoms with Gasteiger partial charge in [-0.05, 0) is 18.4 Å². The number of unbranched alkanes of at least 4 members (excludes halogenated alkanes) is 3. The molecule has 1 nitrogen and oxygen atoms in total. The highest BCUT2D eigenvalue weighted by Crippen LogP contribution is 2.19. The lowest BCUT2D eigenvalue weighted by Crippen LogP contribution is -2.01. The maximum atomic E-state index is 5.78. The van der Waals surface area contributed by atoms with Crippen molar-refractivity contribution in [1.29, 1.82) is 0 Å². The number of benzene rings is 1. The van der Waals surface area contributed by atoms with E-state index in [0.717, 1.165) is 6.42 Å². The van der Waals surface area contributed by atoms with E-state index < -0.39 is 0 Å². The topological polar surface area (TPSA) is 9.23 Å². The molecule has 98 valence electrons. The van der Waals surface area contributed by atoms with Gasteiger partial charge in [-0.1, -0.05) is 68.3 Å². The fourth-order valence-corrected chi connectivity index (χ4v) is 1.81. The molecule has 1 aromatic rings. The van der Waals surface area contributed by atoms with Crippen LogP contribution in [-0.2, 0) is 4.74 Å². The smallest absolute Gasteiger partial charge is 0.101 e. The molecule has 1 heteroatoms. The van der Waals surface area contributed by atoms with E-state index in [4.69, 9.17) is 4.74 Å². The highest BCUT2D eigenvalue weighted by molar-refractivity contribution is 5.21. The zero-order chi connectivity index (χ0) is 13.1. The number of hydrogen-bond donors (Lipinski definition) is 0. The fourth-order valence-electron chi connectivity index (χ4n) is 1.81. The second-order valence-corrected chi connectivity index (χ2v) is 4.38. The van der Waals surface area contributed by atoms with Gasteiger partial charge < -0.3 is 4.74 Å². The van der Waals surface area contributed by atoms with E-state index in [-0.39, 0.29) is 6.10 Å². The number of rotatable bonds is 9. The molecule has 1 atom stereocenters. The second kappa shape index (κ2) is 9.67. The minimum Gasteiger partial charge on any atom is -0.365 e. The van der Waals surface area contributed by atoms with Crippen LogP contribution in [0.1, 0.15) is 44.3 Å². The van der Waals surface area contributed by atoms with Crippen LogP contribution in [0.5, 0.6) is 0 Å². The Morgan fingerprint density at radius 3 is 2.67 bits per heavy atom. The Morgan fingerprint density at radius 2 is 2.00 bits per heavy atom. The van der Waals surface area contributed by atoms with Gasteiger partial charge in [0.05, 0.1) is 6.61 Å². The molecule has 0 aromatic heterocycles. The molecule has 18 heavy (non-hydrogen) atoms. The summed E-state index contributed by atoms with van der Waals surface area (Å²) in [4.78, 5) is 0. The van der Waals surface area contributed by atoms with Crippen molar-refractivity contribution in [2.45, 2.75) is 38.7 Å².